The Hall–Kier alpha value is -1.43. The highest BCUT2D eigenvalue weighted by Crippen LogP contribution is 2.27. The number of hydrogen-bond donors (Lipinski definition) is 1. The fraction of sp³-hybridized carbons (Fsp3) is 0.500. The minimum absolute atomic E-state index is 0.0593. The predicted molar refractivity (Wildman–Crippen MR) is 72.8 cm³/mol. The van der Waals surface area contributed by atoms with Crippen molar-refractivity contribution in [2.45, 2.75) is 31.4 Å². The Balaban J connectivity index is 2.15. The Kier molecular flexibility index (Phi) is 4.42. The van der Waals surface area contributed by atoms with Crippen LogP contribution in [0.1, 0.15) is 41.6 Å². The lowest BCUT2D eigenvalue weighted by Crippen LogP contribution is -2.16. The molecule has 0 radical (unpaired) electrons. The molecule has 1 aromatic rings. The summed E-state index contributed by atoms with van der Waals surface area (Å²) in [6.07, 6.45) is 3.89. The van der Waals surface area contributed by atoms with Gasteiger partial charge in [-0.1, -0.05) is 12.8 Å². The SMILES string of the molecule is O=C(O)c1ccc(F)c(CS(=O)(=O)CC2CCCC2)c1. The number of aromatic carboxylic acids is 1. The van der Waals surface area contributed by atoms with Crippen LogP contribution in [0.2, 0.25) is 0 Å². The quantitative estimate of drug-likeness (QED) is 0.907. The zero-order valence-corrected chi connectivity index (χ0v) is 11.8. The van der Waals surface area contributed by atoms with E-state index in [2.05, 4.69) is 0 Å². The largest absolute Gasteiger partial charge is 0.478 e. The molecule has 0 aliphatic heterocycles. The third kappa shape index (κ3) is 3.79. The second kappa shape index (κ2) is 5.91. The van der Waals surface area contributed by atoms with Crippen molar-refractivity contribution in [2.24, 2.45) is 5.92 Å². The van der Waals surface area contributed by atoms with Crippen LogP contribution in [0.25, 0.3) is 0 Å². The summed E-state index contributed by atoms with van der Waals surface area (Å²) < 4.78 is 37.8. The van der Waals surface area contributed by atoms with Crippen LogP contribution < -0.4 is 0 Å². The fourth-order valence-electron chi connectivity index (χ4n) is 2.65. The van der Waals surface area contributed by atoms with Crippen LogP contribution in [0.15, 0.2) is 18.2 Å². The maximum atomic E-state index is 13.6. The lowest BCUT2D eigenvalue weighted by Gasteiger charge is -2.11. The average molecular weight is 300 g/mol. The van der Waals surface area contributed by atoms with Gasteiger partial charge in [0.1, 0.15) is 5.82 Å². The van der Waals surface area contributed by atoms with E-state index in [1.54, 1.807) is 0 Å². The van der Waals surface area contributed by atoms with Crippen molar-refractivity contribution in [3.8, 4) is 0 Å². The van der Waals surface area contributed by atoms with Gasteiger partial charge in [-0.25, -0.2) is 17.6 Å². The molecule has 0 heterocycles. The molecule has 20 heavy (non-hydrogen) atoms. The molecule has 0 saturated heterocycles. The number of halogens is 1. The monoisotopic (exact) mass is 300 g/mol. The zero-order valence-electron chi connectivity index (χ0n) is 11.0. The van der Waals surface area contributed by atoms with E-state index in [-0.39, 0.29) is 22.8 Å². The van der Waals surface area contributed by atoms with E-state index in [1.165, 1.54) is 0 Å². The van der Waals surface area contributed by atoms with Crippen LogP contribution in [0.5, 0.6) is 0 Å². The molecule has 0 aromatic heterocycles. The van der Waals surface area contributed by atoms with E-state index in [1.807, 2.05) is 0 Å². The molecular formula is C14H17FO4S. The molecule has 1 fully saturated rings. The number of carboxylic acid groups (broad SMARTS) is 1. The van der Waals surface area contributed by atoms with Gasteiger partial charge >= 0.3 is 5.97 Å². The van der Waals surface area contributed by atoms with Crippen LogP contribution in [0, 0.1) is 11.7 Å². The Bertz CT molecular complexity index is 604. The van der Waals surface area contributed by atoms with Crippen LogP contribution in [0.3, 0.4) is 0 Å². The zero-order chi connectivity index (χ0) is 14.8. The van der Waals surface area contributed by atoms with E-state index in [0.29, 0.717) is 0 Å². The third-order valence-corrected chi connectivity index (χ3v) is 5.36. The van der Waals surface area contributed by atoms with E-state index in [4.69, 9.17) is 5.11 Å². The molecule has 0 unspecified atom stereocenters. The average Bonchev–Trinajstić information content (AvgIpc) is 2.83. The van der Waals surface area contributed by atoms with Gasteiger partial charge in [0.2, 0.25) is 0 Å². The summed E-state index contributed by atoms with van der Waals surface area (Å²) in [7, 11) is -3.42. The lowest BCUT2D eigenvalue weighted by atomic mass is 10.1. The number of sulfone groups is 1. The highest BCUT2D eigenvalue weighted by Gasteiger charge is 2.24. The number of rotatable bonds is 5. The number of carboxylic acids is 1. The molecule has 6 heteroatoms. The molecular weight excluding hydrogens is 283 g/mol. The van der Waals surface area contributed by atoms with Crippen LogP contribution in [-0.4, -0.2) is 25.2 Å². The molecule has 4 nitrogen and oxygen atoms in total. The van der Waals surface area contributed by atoms with Crippen LogP contribution >= 0.6 is 0 Å². The van der Waals surface area contributed by atoms with Crippen LogP contribution in [-0.2, 0) is 15.6 Å². The number of carbonyl (C=O) groups is 1. The summed E-state index contributed by atoms with van der Waals surface area (Å²) in [5.74, 6) is -2.09. The standard InChI is InChI=1S/C14H17FO4S/c15-13-6-5-11(14(16)17)7-12(13)9-20(18,19)8-10-3-1-2-4-10/h5-7,10H,1-4,8-9H2,(H,16,17). The minimum atomic E-state index is -3.42. The maximum Gasteiger partial charge on any atom is 0.335 e. The molecule has 110 valence electrons. The Labute approximate surface area is 117 Å². The molecule has 0 bridgehead atoms. The fourth-order valence-corrected chi connectivity index (χ4v) is 4.51. The van der Waals surface area contributed by atoms with E-state index >= 15 is 0 Å². The summed E-state index contributed by atoms with van der Waals surface area (Å²) in [6.45, 7) is 0. The summed E-state index contributed by atoms with van der Waals surface area (Å²) in [5, 5.41) is 8.86. The number of benzene rings is 1. The molecule has 0 atom stereocenters. The van der Waals surface area contributed by atoms with Crippen molar-refractivity contribution in [3.63, 3.8) is 0 Å². The number of hydrogen-bond acceptors (Lipinski definition) is 3. The van der Waals surface area contributed by atoms with Gasteiger partial charge in [-0.15, -0.1) is 0 Å². The van der Waals surface area contributed by atoms with Crippen LogP contribution in [0.4, 0.5) is 4.39 Å². The molecule has 2 rings (SSSR count). The van der Waals surface area contributed by atoms with Gasteiger partial charge in [0.15, 0.2) is 9.84 Å². The topological polar surface area (TPSA) is 71.4 Å². The minimum Gasteiger partial charge on any atom is -0.478 e. The molecule has 0 spiro atoms. The van der Waals surface area contributed by atoms with Gasteiger partial charge < -0.3 is 5.11 Å². The molecule has 1 aliphatic rings. The summed E-state index contributed by atoms with van der Waals surface area (Å²) >= 11 is 0. The molecule has 1 aromatic carbocycles. The summed E-state index contributed by atoms with van der Waals surface area (Å²) in [4.78, 5) is 10.8. The van der Waals surface area contributed by atoms with E-state index in [0.717, 1.165) is 43.9 Å². The Morgan fingerprint density at radius 1 is 1.30 bits per heavy atom. The van der Waals surface area contributed by atoms with E-state index < -0.39 is 27.4 Å². The van der Waals surface area contributed by atoms with Crippen molar-refractivity contribution >= 4 is 15.8 Å². The van der Waals surface area contributed by atoms with Gasteiger partial charge in [0.25, 0.3) is 0 Å². The van der Waals surface area contributed by atoms with Crippen molar-refractivity contribution in [1.82, 2.24) is 0 Å². The van der Waals surface area contributed by atoms with Crippen molar-refractivity contribution < 1.29 is 22.7 Å². The summed E-state index contributed by atoms with van der Waals surface area (Å²) in [6, 6.07) is 3.23. The normalized spacial score (nSPS) is 16.4. The first kappa shape index (κ1) is 15.0. The third-order valence-electron chi connectivity index (χ3n) is 3.63. The van der Waals surface area contributed by atoms with Gasteiger partial charge in [-0.05, 0) is 37.0 Å². The first-order chi connectivity index (χ1) is 9.37. The van der Waals surface area contributed by atoms with Crippen molar-refractivity contribution in [2.75, 3.05) is 5.75 Å². The lowest BCUT2D eigenvalue weighted by molar-refractivity contribution is 0.0696. The smallest absolute Gasteiger partial charge is 0.335 e. The molecule has 1 aliphatic carbocycles. The summed E-state index contributed by atoms with van der Waals surface area (Å²) in [5.41, 5.74) is -0.166. The molecule has 1 N–H and O–H groups in total. The second-order valence-corrected chi connectivity index (χ2v) is 7.43. The second-order valence-electron chi connectivity index (χ2n) is 5.32. The van der Waals surface area contributed by atoms with Gasteiger partial charge in [0.05, 0.1) is 17.1 Å². The van der Waals surface area contributed by atoms with Gasteiger partial charge in [0, 0.05) is 5.56 Å². The highest BCUT2D eigenvalue weighted by atomic mass is 32.2. The predicted octanol–water partition coefficient (Wildman–Crippen LogP) is 2.63. The van der Waals surface area contributed by atoms with Crippen molar-refractivity contribution in [1.29, 1.82) is 0 Å². The van der Waals surface area contributed by atoms with Gasteiger partial charge in [-0.3, -0.25) is 0 Å². The van der Waals surface area contributed by atoms with E-state index in [9.17, 15) is 17.6 Å². The highest BCUT2D eigenvalue weighted by molar-refractivity contribution is 7.90. The molecule has 0 amide bonds. The first-order valence-corrected chi connectivity index (χ1v) is 8.42. The Morgan fingerprint density at radius 2 is 1.95 bits per heavy atom. The molecule has 1 saturated carbocycles. The first-order valence-electron chi connectivity index (χ1n) is 6.59. The maximum absolute atomic E-state index is 13.6. The Morgan fingerprint density at radius 3 is 2.55 bits per heavy atom. The van der Waals surface area contributed by atoms with Crippen molar-refractivity contribution in [3.05, 3.63) is 35.1 Å². The van der Waals surface area contributed by atoms with Gasteiger partial charge in [-0.2, -0.15) is 0 Å².